The van der Waals surface area contributed by atoms with Gasteiger partial charge in [-0.15, -0.1) is 19.4 Å². The molecular weight excluding hydrogens is 84.1 g/mol. The summed E-state index contributed by atoms with van der Waals surface area (Å²) in [4.78, 5) is 0. The van der Waals surface area contributed by atoms with Gasteiger partial charge in [-0.1, -0.05) is 19.9 Å². The van der Waals surface area contributed by atoms with Gasteiger partial charge in [0, 0.05) is 0 Å². The molecule has 0 aliphatic carbocycles. The van der Waals surface area contributed by atoms with Crippen molar-refractivity contribution in [3.8, 4) is 12.8 Å². The molecule has 0 spiro atoms. The van der Waals surface area contributed by atoms with Crippen molar-refractivity contribution in [2.75, 3.05) is 0 Å². The Hall–Kier alpha value is -0.700. The first-order valence-electron chi connectivity index (χ1n) is 2.32. The molecule has 0 saturated heterocycles. The van der Waals surface area contributed by atoms with Crippen molar-refractivity contribution in [2.24, 2.45) is 0 Å². The summed E-state index contributed by atoms with van der Waals surface area (Å²) in [5.41, 5.74) is 0. The quantitative estimate of drug-likeness (QED) is 0.322. The summed E-state index contributed by atoms with van der Waals surface area (Å²) >= 11 is 0. The van der Waals surface area contributed by atoms with Crippen LogP contribution in [0.4, 0.5) is 0 Å². The first-order chi connectivity index (χ1) is 3.41. The van der Waals surface area contributed by atoms with Gasteiger partial charge in [0.05, 0.1) is 0 Å². The lowest BCUT2D eigenvalue weighted by Gasteiger charge is -1.31. The summed E-state index contributed by atoms with van der Waals surface area (Å²) in [7, 11) is 0. The van der Waals surface area contributed by atoms with Crippen molar-refractivity contribution in [3.05, 3.63) is 12.7 Å². The molecule has 0 aliphatic heterocycles. The molecule has 0 saturated carbocycles. The van der Waals surface area contributed by atoms with Crippen molar-refractivity contribution < 1.29 is 0 Å². The summed E-state index contributed by atoms with van der Waals surface area (Å²) in [6.45, 7) is 9.25. The number of rotatable bonds is 0. The van der Waals surface area contributed by atoms with E-state index >= 15 is 0 Å². The van der Waals surface area contributed by atoms with E-state index in [-0.39, 0.29) is 0 Å². The van der Waals surface area contributed by atoms with Crippen LogP contribution in [0.3, 0.4) is 0 Å². The second-order valence-electron chi connectivity index (χ2n) is 0.408. The largest absolute Gasteiger partial charge is 0.124 e. The second-order valence-corrected chi connectivity index (χ2v) is 0.408. The van der Waals surface area contributed by atoms with Crippen molar-refractivity contribution >= 4 is 0 Å². The van der Waals surface area contributed by atoms with Crippen molar-refractivity contribution in [1.29, 1.82) is 0 Å². The van der Waals surface area contributed by atoms with Crippen LogP contribution >= 0.6 is 0 Å². The fourth-order valence-electron chi connectivity index (χ4n) is 0. The Bertz CT molecular complexity index is 24.3. The van der Waals surface area contributed by atoms with Crippen molar-refractivity contribution in [3.63, 3.8) is 0 Å². The number of hydrogen-bond donors (Lipinski definition) is 0. The molecule has 0 fully saturated rings. The van der Waals surface area contributed by atoms with E-state index in [1.807, 2.05) is 20.8 Å². The predicted octanol–water partition coefficient (Wildman–Crippen LogP) is 2.47. The van der Waals surface area contributed by atoms with Gasteiger partial charge in [0.15, 0.2) is 0 Å². The van der Waals surface area contributed by atoms with Gasteiger partial charge in [-0.05, 0) is 6.92 Å². The maximum Gasteiger partial charge on any atom is -0.0473 e. The van der Waals surface area contributed by atoms with Crippen LogP contribution in [0.2, 0.25) is 0 Å². The highest BCUT2D eigenvalue weighted by Crippen LogP contribution is 1.38. The van der Waals surface area contributed by atoms with Gasteiger partial charge in [0.2, 0.25) is 0 Å². The van der Waals surface area contributed by atoms with Crippen LogP contribution in [0.15, 0.2) is 12.7 Å². The minimum Gasteiger partial charge on any atom is -0.124 e. The molecule has 0 nitrogen and oxygen atoms in total. The summed E-state index contributed by atoms with van der Waals surface area (Å²) in [6.07, 6.45) is 9.75. The topological polar surface area (TPSA) is 0 Å². The van der Waals surface area contributed by atoms with Crippen molar-refractivity contribution in [2.45, 2.75) is 20.8 Å². The summed E-state index contributed by atoms with van der Waals surface area (Å²) in [5, 5.41) is 0. The van der Waals surface area contributed by atoms with E-state index in [0.717, 1.165) is 0 Å². The average molecular weight is 98.2 g/mol. The van der Waals surface area contributed by atoms with Gasteiger partial charge < -0.3 is 0 Å². The highest BCUT2D eigenvalue weighted by molar-refractivity contribution is 4.51. The summed E-state index contributed by atoms with van der Waals surface area (Å²) in [6, 6.07) is 0. The molecule has 0 atom stereocenters. The van der Waals surface area contributed by atoms with E-state index < -0.39 is 0 Å². The molecule has 42 valence electrons. The van der Waals surface area contributed by atoms with Crippen LogP contribution in [0, 0.1) is 12.8 Å². The minimum atomic E-state index is 1.75. The molecule has 0 amide bonds. The molecule has 0 heterocycles. The highest BCUT2D eigenvalue weighted by Gasteiger charge is 1.15. The molecule has 0 unspecified atom stereocenters. The lowest BCUT2D eigenvalue weighted by Crippen LogP contribution is -1.07. The third kappa shape index (κ3) is 118. The van der Waals surface area contributed by atoms with Crippen LogP contribution in [-0.4, -0.2) is 0 Å². The molecule has 0 N–H and O–H groups in total. The summed E-state index contributed by atoms with van der Waals surface area (Å²) in [5.74, 6) is 0. The smallest absolute Gasteiger partial charge is 0.0473 e. The average Bonchev–Trinajstić information content (AvgIpc) is 1.78. The van der Waals surface area contributed by atoms with E-state index in [4.69, 9.17) is 0 Å². The number of allylic oxidation sites excluding steroid dienone is 1. The molecule has 0 aromatic rings. The van der Waals surface area contributed by atoms with Gasteiger partial charge in [-0.25, -0.2) is 0 Å². The summed E-state index contributed by atoms with van der Waals surface area (Å²) < 4.78 is 0. The van der Waals surface area contributed by atoms with Crippen LogP contribution in [0.5, 0.6) is 0 Å². The Morgan fingerprint density at radius 1 is 1.29 bits per heavy atom. The molecule has 0 aromatic heterocycles. The highest BCUT2D eigenvalue weighted by atomic mass is 13.2. The third-order valence-electron chi connectivity index (χ3n) is 0. The Morgan fingerprint density at radius 3 is 1.29 bits per heavy atom. The first-order valence-corrected chi connectivity index (χ1v) is 2.32. The zero-order chi connectivity index (χ0) is 6.71. The van der Waals surface area contributed by atoms with Crippen LogP contribution in [0.25, 0.3) is 0 Å². The van der Waals surface area contributed by atoms with Gasteiger partial charge in [-0.3, -0.25) is 0 Å². The molecular formula is C7H14. The first kappa shape index (κ1) is 16.3. The maximum absolute atomic E-state index is 4.00. The zero-order valence-electron chi connectivity index (χ0n) is 5.44. The number of terminal acetylenes is 1. The van der Waals surface area contributed by atoms with Crippen molar-refractivity contribution in [1.82, 2.24) is 0 Å². The molecule has 0 heteroatoms. The monoisotopic (exact) mass is 98.1 g/mol. The molecule has 0 aromatic carbocycles. The van der Waals surface area contributed by atoms with E-state index in [2.05, 4.69) is 19.4 Å². The van der Waals surface area contributed by atoms with Gasteiger partial charge in [0.1, 0.15) is 0 Å². The van der Waals surface area contributed by atoms with E-state index in [1.165, 1.54) is 0 Å². The van der Waals surface area contributed by atoms with E-state index in [1.54, 1.807) is 6.08 Å². The predicted molar refractivity (Wildman–Crippen MR) is 37.1 cm³/mol. The van der Waals surface area contributed by atoms with E-state index in [0.29, 0.717) is 0 Å². The van der Waals surface area contributed by atoms with Gasteiger partial charge in [-0.2, -0.15) is 0 Å². The van der Waals surface area contributed by atoms with Crippen LogP contribution in [-0.2, 0) is 0 Å². The van der Waals surface area contributed by atoms with Gasteiger partial charge >= 0.3 is 0 Å². The normalized spacial score (nSPS) is 3.00. The minimum absolute atomic E-state index is 1.75. The van der Waals surface area contributed by atoms with Crippen LogP contribution < -0.4 is 0 Å². The van der Waals surface area contributed by atoms with E-state index in [9.17, 15) is 0 Å². The Kier molecular flexibility index (Phi) is 2530. The molecule has 0 rings (SSSR count). The Morgan fingerprint density at radius 2 is 1.29 bits per heavy atom. The Balaban J connectivity index is -0.0000000360. The molecule has 0 bridgehead atoms. The SMILES string of the molecule is C#C.C=CC.CC. The third-order valence-corrected chi connectivity index (χ3v) is 0. The molecule has 7 heavy (non-hydrogen) atoms. The Labute approximate surface area is 47.3 Å². The van der Waals surface area contributed by atoms with Crippen LogP contribution in [0.1, 0.15) is 20.8 Å². The lowest BCUT2D eigenvalue weighted by molar-refractivity contribution is 1.50. The number of hydrogen-bond acceptors (Lipinski definition) is 0. The van der Waals surface area contributed by atoms with Gasteiger partial charge in [0.25, 0.3) is 0 Å². The fraction of sp³-hybridized carbons (Fsp3) is 0.429. The molecule has 0 radical (unpaired) electrons. The molecule has 0 aliphatic rings. The standard InChI is InChI=1S/C3H6.C2H6.C2H2/c1-3-2;2*1-2/h3H,1H2,2H3;1-2H3;1-2H. The zero-order valence-corrected chi connectivity index (χ0v) is 5.44. The fourth-order valence-corrected chi connectivity index (χ4v) is 0. The maximum atomic E-state index is 4.00. The lowest BCUT2D eigenvalue weighted by atomic mass is 10.8. The second kappa shape index (κ2) is 1090.